The molecule has 0 radical (unpaired) electrons. The van der Waals surface area contributed by atoms with Crippen LogP contribution in [0.5, 0.6) is 17.4 Å². The normalized spacial score (nSPS) is 11.9. The van der Waals surface area contributed by atoms with E-state index in [1.165, 1.54) is 0 Å². The zero-order chi connectivity index (χ0) is 17.1. The number of hydrogen-bond donors (Lipinski definition) is 1. The molecular weight excluding hydrogens is 372 g/mol. The molecule has 0 saturated heterocycles. The third-order valence-corrected chi connectivity index (χ3v) is 3.88. The molecule has 3 rings (SSSR count). The Balaban J connectivity index is 1.75. The van der Waals surface area contributed by atoms with E-state index in [2.05, 4.69) is 20.9 Å². The number of amides is 1. The number of nitrogens with zero attached hydrogens (tertiary/aromatic N) is 1. The number of ether oxygens (including phenoxy) is 2. The summed E-state index contributed by atoms with van der Waals surface area (Å²) < 4.78 is 12.1. The molecule has 122 valence electrons. The highest BCUT2D eigenvalue weighted by atomic mass is 79.9. The summed E-state index contributed by atoms with van der Waals surface area (Å²) in [4.78, 5) is 15.5. The lowest BCUT2D eigenvalue weighted by Crippen LogP contribution is -2.30. The highest BCUT2D eigenvalue weighted by Crippen LogP contribution is 2.26. The Hall–Kier alpha value is -2.60. The van der Waals surface area contributed by atoms with Gasteiger partial charge in [-0.3, -0.25) is 4.79 Å². The van der Waals surface area contributed by atoms with Gasteiger partial charge in [0.15, 0.2) is 6.10 Å². The van der Waals surface area contributed by atoms with Crippen LogP contribution in [0.2, 0.25) is 0 Å². The monoisotopic (exact) mass is 386 g/mol. The van der Waals surface area contributed by atoms with Gasteiger partial charge in [-0.15, -0.1) is 0 Å². The summed E-state index contributed by atoms with van der Waals surface area (Å²) in [5, 5.41) is 1.04. The fraction of sp³-hybridized carbons (Fsp3) is 0.111. The van der Waals surface area contributed by atoms with Crippen molar-refractivity contribution in [3.05, 3.63) is 59.1 Å². The first-order chi connectivity index (χ1) is 11.5. The smallest absolute Gasteiger partial charge is 0.258 e. The number of rotatable bonds is 5. The van der Waals surface area contributed by atoms with E-state index in [9.17, 15) is 4.79 Å². The third-order valence-electron chi connectivity index (χ3n) is 3.39. The lowest BCUT2D eigenvalue weighted by atomic mass is 10.2. The van der Waals surface area contributed by atoms with Crippen molar-refractivity contribution in [1.29, 1.82) is 0 Å². The first-order valence-corrected chi connectivity index (χ1v) is 8.11. The maximum absolute atomic E-state index is 11.0. The molecule has 1 atom stereocenters. The molecule has 24 heavy (non-hydrogen) atoms. The summed E-state index contributed by atoms with van der Waals surface area (Å²) in [5.74, 6) is 1.15. The fourth-order valence-corrected chi connectivity index (χ4v) is 2.45. The summed E-state index contributed by atoms with van der Waals surface area (Å²) >= 11 is 3.43. The van der Waals surface area contributed by atoms with Gasteiger partial charge in [0.1, 0.15) is 11.5 Å². The van der Waals surface area contributed by atoms with Gasteiger partial charge in [-0.2, -0.15) is 0 Å². The topological polar surface area (TPSA) is 74.4 Å². The van der Waals surface area contributed by atoms with Crippen molar-refractivity contribution < 1.29 is 14.3 Å². The van der Waals surface area contributed by atoms with Crippen LogP contribution < -0.4 is 15.2 Å². The molecule has 0 unspecified atom stereocenters. The van der Waals surface area contributed by atoms with Gasteiger partial charge in [0, 0.05) is 15.9 Å². The highest BCUT2D eigenvalue weighted by molar-refractivity contribution is 9.10. The second-order valence-corrected chi connectivity index (χ2v) is 6.14. The van der Waals surface area contributed by atoms with Crippen molar-refractivity contribution in [2.75, 3.05) is 0 Å². The molecule has 3 aromatic rings. The number of primary amides is 1. The number of halogens is 1. The molecule has 1 amide bonds. The summed E-state index contributed by atoms with van der Waals surface area (Å²) in [6.45, 7) is 1.60. The van der Waals surface area contributed by atoms with Crippen molar-refractivity contribution in [3.8, 4) is 17.4 Å². The van der Waals surface area contributed by atoms with Crippen LogP contribution in [0, 0.1) is 0 Å². The molecule has 0 aliphatic heterocycles. The molecule has 1 heterocycles. The van der Waals surface area contributed by atoms with E-state index in [4.69, 9.17) is 15.2 Å². The van der Waals surface area contributed by atoms with Crippen molar-refractivity contribution in [3.63, 3.8) is 0 Å². The van der Waals surface area contributed by atoms with E-state index in [1.807, 2.05) is 30.3 Å². The number of hydrogen-bond acceptors (Lipinski definition) is 4. The van der Waals surface area contributed by atoms with Gasteiger partial charge in [0.25, 0.3) is 5.91 Å². The highest BCUT2D eigenvalue weighted by Gasteiger charge is 2.10. The second kappa shape index (κ2) is 6.88. The first-order valence-electron chi connectivity index (χ1n) is 7.31. The molecule has 1 aromatic heterocycles. The molecule has 0 aliphatic rings. The number of nitrogens with two attached hydrogens (primary N) is 1. The predicted molar refractivity (Wildman–Crippen MR) is 95.2 cm³/mol. The standard InChI is InChI=1S/C18H15BrN2O3/c1-11(18(20)22)23-14-5-7-15(8-6-14)24-17-9-3-12-2-4-13(19)10-16(12)21-17/h2-11H,1H3,(H2,20,22)/t11-/m1/s1. The van der Waals surface area contributed by atoms with E-state index in [1.54, 1.807) is 31.2 Å². The molecule has 2 aromatic carbocycles. The minimum absolute atomic E-state index is 0.500. The van der Waals surface area contributed by atoms with Crippen LogP contribution in [0.1, 0.15) is 6.92 Å². The van der Waals surface area contributed by atoms with Crippen LogP contribution in [0.4, 0.5) is 0 Å². The van der Waals surface area contributed by atoms with Gasteiger partial charge in [-0.25, -0.2) is 4.98 Å². The Labute approximate surface area is 147 Å². The molecule has 0 saturated carbocycles. The lowest BCUT2D eigenvalue weighted by Gasteiger charge is -2.11. The molecule has 5 nitrogen and oxygen atoms in total. The molecule has 2 N–H and O–H groups in total. The summed E-state index contributed by atoms with van der Waals surface area (Å²) in [6.07, 6.45) is -0.683. The van der Waals surface area contributed by atoms with Crippen molar-refractivity contribution in [2.24, 2.45) is 5.73 Å². The quantitative estimate of drug-likeness (QED) is 0.717. The van der Waals surface area contributed by atoms with Crippen molar-refractivity contribution in [1.82, 2.24) is 4.98 Å². The van der Waals surface area contributed by atoms with E-state index in [-0.39, 0.29) is 0 Å². The Bertz CT molecular complexity index is 881. The predicted octanol–water partition coefficient (Wildman–Crippen LogP) is 4.04. The lowest BCUT2D eigenvalue weighted by molar-refractivity contribution is -0.123. The zero-order valence-electron chi connectivity index (χ0n) is 12.9. The van der Waals surface area contributed by atoms with Crippen LogP contribution >= 0.6 is 15.9 Å². The summed E-state index contributed by atoms with van der Waals surface area (Å²) in [5.41, 5.74) is 6.02. The Morgan fingerprint density at radius 2 is 1.75 bits per heavy atom. The van der Waals surface area contributed by atoms with Gasteiger partial charge in [-0.1, -0.05) is 22.0 Å². The number of pyridine rings is 1. The first kappa shape index (κ1) is 16.3. The summed E-state index contributed by atoms with van der Waals surface area (Å²) in [6, 6.07) is 16.6. The number of benzene rings is 2. The SMILES string of the molecule is C[C@@H](Oc1ccc(Oc2ccc3ccc(Br)cc3n2)cc1)C(N)=O. The van der Waals surface area contributed by atoms with Gasteiger partial charge >= 0.3 is 0 Å². The van der Waals surface area contributed by atoms with Crippen LogP contribution in [0.15, 0.2) is 59.1 Å². The van der Waals surface area contributed by atoms with Gasteiger partial charge in [0.2, 0.25) is 5.88 Å². The third kappa shape index (κ3) is 3.83. The maximum Gasteiger partial charge on any atom is 0.258 e. The maximum atomic E-state index is 11.0. The Morgan fingerprint density at radius 3 is 2.46 bits per heavy atom. The van der Waals surface area contributed by atoms with Crippen LogP contribution in [-0.4, -0.2) is 17.0 Å². The minimum atomic E-state index is -0.683. The largest absolute Gasteiger partial charge is 0.481 e. The fourth-order valence-electron chi connectivity index (χ4n) is 2.10. The van der Waals surface area contributed by atoms with Crippen LogP contribution in [0.25, 0.3) is 10.9 Å². The van der Waals surface area contributed by atoms with E-state index < -0.39 is 12.0 Å². The number of aromatic nitrogens is 1. The van der Waals surface area contributed by atoms with E-state index in [0.29, 0.717) is 17.4 Å². The Kier molecular flexibility index (Phi) is 4.66. The molecule has 0 aliphatic carbocycles. The number of carbonyl (C=O) groups excluding carboxylic acids is 1. The average molecular weight is 387 g/mol. The van der Waals surface area contributed by atoms with Crippen LogP contribution in [-0.2, 0) is 4.79 Å². The van der Waals surface area contributed by atoms with E-state index >= 15 is 0 Å². The average Bonchev–Trinajstić information content (AvgIpc) is 2.56. The number of fused-ring (bicyclic) bond motifs is 1. The van der Waals surface area contributed by atoms with Gasteiger partial charge in [0.05, 0.1) is 5.52 Å². The Morgan fingerprint density at radius 1 is 1.08 bits per heavy atom. The molecule has 0 bridgehead atoms. The minimum Gasteiger partial charge on any atom is -0.481 e. The molecule has 6 heteroatoms. The number of carbonyl (C=O) groups is 1. The van der Waals surface area contributed by atoms with Crippen molar-refractivity contribution >= 4 is 32.7 Å². The van der Waals surface area contributed by atoms with Gasteiger partial charge < -0.3 is 15.2 Å². The summed E-state index contributed by atoms with van der Waals surface area (Å²) in [7, 11) is 0. The molecular formula is C18H15BrN2O3. The molecule has 0 spiro atoms. The molecule has 0 fully saturated rings. The van der Waals surface area contributed by atoms with E-state index in [0.717, 1.165) is 15.4 Å². The van der Waals surface area contributed by atoms with Gasteiger partial charge in [-0.05, 0) is 49.4 Å². The van der Waals surface area contributed by atoms with Crippen molar-refractivity contribution in [2.45, 2.75) is 13.0 Å². The zero-order valence-corrected chi connectivity index (χ0v) is 14.5. The van der Waals surface area contributed by atoms with Crippen LogP contribution in [0.3, 0.4) is 0 Å². The second-order valence-electron chi connectivity index (χ2n) is 5.22.